The summed E-state index contributed by atoms with van der Waals surface area (Å²) >= 11 is 0. The van der Waals surface area contributed by atoms with Gasteiger partial charge in [-0.2, -0.15) is 0 Å². The lowest BCUT2D eigenvalue weighted by Crippen LogP contribution is -2.30. The van der Waals surface area contributed by atoms with E-state index >= 15 is 0 Å². The molecule has 0 spiro atoms. The molecule has 0 aromatic heterocycles. The molecular formula is C11H23NO3. The Morgan fingerprint density at radius 1 is 1.47 bits per heavy atom. The zero-order valence-corrected chi connectivity index (χ0v) is 10.0. The molecule has 0 aromatic carbocycles. The molecule has 0 aromatic rings. The van der Waals surface area contributed by atoms with Crippen molar-refractivity contribution in [1.29, 1.82) is 0 Å². The Balaban J connectivity index is 3.46. The van der Waals surface area contributed by atoms with E-state index in [2.05, 4.69) is 5.32 Å². The summed E-state index contributed by atoms with van der Waals surface area (Å²) in [6.07, 6.45) is 2.30. The summed E-state index contributed by atoms with van der Waals surface area (Å²) in [6.45, 7) is 7.10. The Hall–Kier alpha value is -0.770. The zero-order valence-electron chi connectivity index (χ0n) is 10.0. The van der Waals surface area contributed by atoms with Crippen LogP contribution in [0.3, 0.4) is 0 Å². The molecule has 0 fully saturated rings. The number of ether oxygens (including phenoxy) is 1. The van der Waals surface area contributed by atoms with Crippen molar-refractivity contribution in [2.75, 3.05) is 19.8 Å². The fraction of sp³-hybridized carbons (Fsp3) is 0.909. The molecule has 0 unspecified atom stereocenters. The van der Waals surface area contributed by atoms with Crippen LogP contribution in [0.4, 0.5) is 4.79 Å². The van der Waals surface area contributed by atoms with Crippen molar-refractivity contribution in [3.05, 3.63) is 0 Å². The van der Waals surface area contributed by atoms with E-state index in [1.165, 1.54) is 0 Å². The Kier molecular flexibility index (Phi) is 7.13. The Morgan fingerprint density at radius 3 is 2.67 bits per heavy atom. The van der Waals surface area contributed by atoms with Crippen LogP contribution in [0.5, 0.6) is 0 Å². The molecule has 2 N–H and O–H groups in total. The topological polar surface area (TPSA) is 58.6 Å². The highest BCUT2D eigenvalue weighted by atomic mass is 16.5. The smallest absolute Gasteiger partial charge is 0.407 e. The van der Waals surface area contributed by atoms with Gasteiger partial charge in [-0.05, 0) is 18.3 Å². The predicted octanol–water partition coefficient (Wildman–Crippen LogP) is 1.92. The quantitative estimate of drug-likeness (QED) is 0.640. The van der Waals surface area contributed by atoms with Gasteiger partial charge in [0.25, 0.3) is 0 Å². The molecule has 0 saturated heterocycles. The van der Waals surface area contributed by atoms with Crippen LogP contribution in [-0.2, 0) is 4.74 Å². The standard InChI is InChI=1S/C11H23NO3/c1-4-5-8-15-10(14)12-7-6-11(2,3)9-13/h13H,4-9H2,1-3H3,(H,12,14). The molecule has 0 rings (SSSR count). The minimum Gasteiger partial charge on any atom is -0.450 e. The second-order valence-electron chi connectivity index (χ2n) is 4.49. The highest BCUT2D eigenvalue weighted by Gasteiger charge is 2.16. The molecule has 0 heterocycles. The average Bonchev–Trinajstić information content (AvgIpc) is 2.18. The largest absolute Gasteiger partial charge is 0.450 e. The van der Waals surface area contributed by atoms with E-state index in [-0.39, 0.29) is 18.1 Å². The van der Waals surface area contributed by atoms with Crippen LogP contribution in [0.2, 0.25) is 0 Å². The predicted molar refractivity (Wildman–Crippen MR) is 59.7 cm³/mol. The number of nitrogens with one attached hydrogen (secondary N) is 1. The van der Waals surface area contributed by atoms with Crippen LogP contribution >= 0.6 is 0 Å². The van der Waals surface area contributed by atoms with Gasteiger partial charge >= 0.3 is 6.09 Å². The van der Waals surface area contributed by atoms with E-state index < -0.39 is 0 Å². The molecule has 0 aliphatic rings. The normalized spacial score (nSPS) is 11.2. The van der Waals surface area contributed by atoms with E-state index in [1.54, 1.807) is 0 Å². The van der Waals surface area contributed by atoms with Gasteiger partial charge in [0, 0.05) is 13.2 Å². The van der Waals surface area contributed by atoms with Crippen LogP contribution in [0.25, 0.3) is 0 Å². The van der Waals surface area contributed by atoms with Crippen LogP contribution in [0, 0.1) is 5.41 Å². The summed E-state index contributed by atoms with van der Waals surface area (Å²) in [7, 11) is 0. The van der Waals surface area contributed by atoms with Gasteiger partial charge in [-0.25, -0.2) is 4.79 Å². The lowest BCUT2D eigenvalue weighted by atomic mass is 9.91. The first-order valence-electron chi connectivity index (χ1n) is 5.53. The van der Waals surface area contributed by atoms with Gasteiger partial charge < -0.3 is 15.2 Å². The molecule has 0 radical (unpaired) electrons. The number of carbonyl (C=O) groups excluding carboxylic acids is 1. The second-order valence-corrected chi connectivity index (χ2v) is 4.49. The third kappa shape index (κ3) is 8.24. The van der Waals surface area contributed by atoms with Gasteiger partial charge in [0.1, 0.15) is 0 Å². The Bertz CT molecular complexity index is 181. The molecule has 1 amide bonds. The molecule has 90 valence electrons. The van der Waals surface area contributed by atoms with Gasteiger partial charge in [-0.1, -0.05) is 27.2 Å². The van der Waals surface area contributed by atoms with Gasteiger partial charge in [-0.3, -0.25) is 0 Å². The van der Waals surface area contributed by atoms with E-state index in [0.29, 0.717) is 13.2 Å². The molecule has 0 saturated carbocycles. The number of aliphatic hydroxyl groups excluding tert-OH is 1. The number of hydrogen-bond acceptors (Lipinski definition) is 3. The molecule has 0 bridgehead atoms. The van der Waals surface area contributed by atoms with Crippen molar-refractivity contribution in [1.82, 2.24) is 5.32 Å². The first-order chi connectivity index (χ1) is 7.02. The molecule has 15 heavy (non-hydrogen) atoms. The second kappa shape index (κ2) is 7.51. The lowest BCUT2D eigenvalue weighted by Gasteiger charge is -2.21. The number of amides is 1. The number of carbonyl (C=O) groups is 1. The maximum Gasteiger partial charge on any atom is 0.407 e. The van der Waals surface area contributed by atoms with Gasteiger partial charge in [0.2, 0.25) is 0 Å². The van der Waals surface area contributed by atoms with Gasteiger partial charge in [-0.15, -0.1) is 0 Å². The summed E-state index contributed by atoms with van der Waals surface area (Å²) in [4.78, 5) is 11.1. The SMILES string of the molecule is CCCCOC(=O)NCCC(C)(C)CO. The lowest BCUT2D eigenvalue weighted by molar-refractivity contribution is 0.133. The summed E-state index contributed by atoms with van der Waals surface area (Å²) < 4.78 is 4.92. The molecule has 0 aliphatic heterocycles. The molecule has 4 heteroatoms. The maximum absolute atomic E-state index is 11.1. The van der Waals surface area contributed by atoms with Crippen molar-refractivity contribution >= 4 is 6.09 Å². The van der Waals surface area contributed by atoms with Crippen molar-refractivity contribution in [2.24, 2.45) is 5.41 Å². The number of alkyl carbamates (subject to hydrolysis) is 1. The van der Waals surface area contributed by atoms with Gasteiger partial charge in [0.15, 0.2) is 0 Å². The van der Waals surface area contributed by atoms with E-state index in [9.17, 15) is 4.79 Å². The van der Waals surface area contributed by atoms with Gasteiger partial charge in [0.05, 0.1) is 6.61 Å². The van der Waals surface area contributed by atoms with Crippen molar-refractivity contribution in [3.63, 3.8) is 0 Å². The van der Waals surface area contributed by atoms with Crippen molar-refractivity contribution in [2.45, 2.75) is 40.0 Å². The Morgan fingerprint density at radius 2 is 2.13 bits per heavy atom. The first-order valence-corrected chi connectivity index (χ1v) is 5.53. The monoisotopic (exact) mass is 217 g/mol. The van der Waals surface area contributed by atoms with Crippen molar-refractivity contribution < 1.29 is 14.6 Å². The van der Waals surface area contributed by atoms with E-state index in [0.717, 1.165) is 19.3 Å². The fourth-order valence-electron chi connectivity index (χ4n) is 0.942. The molecule has 0 aliphatic carbocycles. The number of hydrogen-bond donors (Lipinski definition) is 2. The van der Waals surface area contributed by atoms with E-state index in [1.807, 2.05) is 20.8 Å². The fourth-order valence-corrected chi connectivity index (χ4v) is 0.942. The summed E-state index contributed by atoms with van der Waals surface area (Å²) in [5, 5.41) is 11.6. The summed E-state index contributed by atoms with van der Waals surface area (Å²) in [5.41, 5.74) is -0.142. The number of rotatable bonds is 7. The van der Waals surface area contributed by atoms with Crippen LogP contribution < -0.4 is 5.32 Å². The van der Waals surface area contributed by atoms with Crippen LogP contribution in [0.1, 0.15) is 40.0 Å². The minimum atomic E-state index is -0.364. The minimum absolute atomic E-state index is 0.125. The third-order valence-corrected chi connectivity index (χ3v) is 2.23. The molecule has 0 atom stereocenters. The summed E-state index contributed by atoms with van der Waals surface area (Å²) in [5.74, 6) is 0. The summed E-state index contributed by atoms with van der Waals surface area (Å²) in [6, 6.07) is 0. The Labute approximate surface area is 92.0 Å². The number of unbranched alkanes of at least 4 members (excludes halogenated alkanes) is 1. The zero-order chi connectivity index (χ0) is 11.7. The average molecular weight is 217 g/mol. The highest BCUT2D eigenvalue weighted by Crippen LogP contribution is 2.17. The van der Waals surface area contributed by atoms with Crippen molar-refractivity contribution in [3.8, 4) is 0 Å². The van der Waals surface area contributed by atoms with Crippen LogP contribution in [0.15, 0.2) is 0 Å². The third-order valence-electron chi connectivity index (χ3n) is 2.23. The molecular weight excluding hydrogens is 194 g/mol. The maximum atomic E-state index is 11.1. The first kappa shape index (κ1) is 14.2. The molecule has 4 nitrogen and oxygen atoms in total. The highest BCUT2D eigenvalue weighted by molar-refractivity contribution is 5.66. The number of aliphatic hydroxyl groups is 1. The van der Waals surface area contributed by atoms with E-state index in [4.69, 9.17) is 9.84 Å². The van der Waals surface area contributed by atoms with Crippen LogP contribution in [-0.4, -0.2) is 31.0 Å².